The summed E-state index contributed by atoms with van der Waals surface area (Å²) < 4.78 is 5.10. The first-order chi connectivity index (χ1) is 8.38. The molecule has 0 N–H and O–H groups in total. The van der Waals surface area contributed by atoms with E-state index in [4.69, 9.17) is 4.74 Å². The molecule has 0 heterocycles. The summed E-state index contributed by atoms with van der Waals surface area (Å²) in [6.07, 6.45) is 3.91. The summed E-state index contributed by atoms with van der Waals surface area (Å²) in [5.41, 5.74) is 5.42. The molecule has 0 aliphatic rings. The lowest BCUT2D eigenvalue weighted by Gasteiger charge is -1.97. The molecule has 0 radical (unpaired) electrons. The minimum absolute atomic E-state index is 0.870. The second-order valence-electron chi connectivity index (χ2n) is 3.64. The average molecular weight is 222 g/mol. The van der Waals surface area contributed by atoms with Crippen LogP contribution in [-0.4, -0.2) is 7.11 Å². The molecule has 2 aromatic rings. The van der Waals surface area contributed by atoms with Crippen molar-refractivity contribution in [2.45, 2.75) is 0 Å². The molecule has 1 heteroatoms. The predicted molar refractivity (Wildman–Crippen MR) is 71.9 cm³/mol. The van der Waals surface area contributed by atoms with Gasteiger partial charge in [-0.2, -0.15) is 0 Å². The van der Waals surface area contributed by atoms with Gasteiger partial charge in [0.05, 0.1) is 7.11 Å². The van der Waals surface area contributed by atoms with Crippen LogP contribution in [0.15, 0.2) is 60.3 Å². The molecule has 84 valence electrons. The van der Waals surface area contributed by atoms with Gasteiger partial charge in [-0.1, -0.05) is 42.5 Å². The van der Waals surface area contributed by atoms with Crippen LogP contribution in [0, 0.1) is 0 Å². The van der Waals surface area contributed by atoms with Gasteiger partial charge >= 0.3 is 0 Å². The van der Waals surface area contributed by atoms with Gasteiger partial charge in [0.1, 0.15) is 5.75 Å². The molecule has 0 aliphatic carbocycles. The van der Waals surface area contributed by atoms with Crippen LogP contribution in [0.3, 0.4) is 0 Å². The van der Waals surface area contributed by atoms with Crippen molar-refractivity contribution in [1.82, 2.24) is 0 Å². The summed E-state index contributed by atoms with van der Waals surface area (Å²) in [6.45, 7) is 0. The fraction of sp³-hybridized carbons (Fsp3) is 0.0625. The van der Waals surface area contributed by atoms with Crippen LogP contribution in [0.25, 0.3) is 12.2 Å². The molecule has 0 amide bonds. The predicted octanol–water partition coefficient (Wildman–Crippen LogP) is 4.02. The van der Waals surface area contributed by atoms with Crippen LogP contribution in [0.2, 0.25) is 0 Å². The van der Waals surface area contributed by atoms with E-state index in [1.807, 2.05) is 54.6 Å². The summed E-state index contributed by atoms with van der Waals surface area (Å²) in [5.74, 6) is 0.870. The van der Waals surface area contributed by atoms with Crippen LogP contribution in [0.5, 0.6) is 5.75 Å². The summed E-state index contributed by atoms with van der Waals surface area (Å²) in [6, 6.07) is 18.0. The van der Waals surface area contributed by atoms with Gasteiger partial charge in [-0.05, 0) is 35.4 Å². The highest BCUT2D eigenvalue weighted by Gasteiger charge is 1.88. The highest BCUT2D eigenvalue weighted by molar-refractivity contribution is 5.57. The van der Waals surface area contributed by atoms with E-state index in [2.05, 4.69) is 17.9 Å². The zero-order valence-corrected chi connectivity index (χ0v) is 9.76. The van der Waals surface area contributed by atoms with Crippen molar-refractivity contribution in [3.63, 3.8) is 0 Å². The standard InChI is InChI=1S/C16H14O/c1-17-16-12-10-15(11-13-16)9-5-8-14-6-3-2-4-7-14/h2-4,6-13H,1H3. The van der Waals surface area contributed by atoms with Crippen LogP contribution in [-0.2, 0) is 0 Å². The molecule has 0 atom stereocenters. The third-order valence-corrected chi connectivity index (χ3v) is 2.42. The van der Waals surface area contributed by atoms with Crippen molar-refractivity contribution in [2.24, 2.45) is 0 Å². The molecule has 0 bridgehead atoms. The molecule has 1 nitrogen and oxygen atoms in total. The van der Waals surface area contributed by atoms with Gasteiger partial charge in [0.15, 0.2) is 0 Å². The second-order valence-corrected chi connectivity index (χ2v) is 3.64. The minimum atomic E-state index is 0.870. The fourth-order valence-electron chi connectivity index (χ4n) is 1.48. The van der Waals surface area contributed by atoms with Crippen LogP contribution < -0.4 is 4.74 Å². The third kappa shape index (κ3) is 3.37. The van der Waals surface area contributed by atoms with Crippen molar-refractivity contribution in [3.8, 4) is 5.75 Å². The Labute approximate surface area is 102 Å². The number of hydrogen-bond acceptors (Lipinski definition) is 1. The van der Waals surface area contributed by atoms with E-state index in [0.29, 0.717) is 0 Å². The summed E-state index contributed by atoms with van der Waals surface area (Å²) in [4.78, 5) is 0. The Morgan fingerprint density at radius 3 is 2.00 bits per heavy atom. The first kappa shape index (κ1) is 11.3. The van der Waals surface area contributed by atoms with Crippen LogP contribution in [0.4, 0.5) is 0 Å². The number of benzene rings is 2. The van der Waals surface area contributed by atoms with Crippen molar-refractivity contribution in [3.05, 3.63) is 71.5 Å². The van der Waals surface area contributed by atoms with Gasteiger partial charge in [0, 0.05) is 0 Å². The Morgan fingerprint density at radius 1 is 0.824 bits per heavy atom. The molecule has 0 saturated heterocycles. The number of hydrogen-bond donors (Lipinski definition) is 0. The topological polar surface area (TPSA) is 9.23 Å². The fourth-order valence-corrected chi connectivity index (χ4v) is 1.48. The molecule has 17 heavy (non-hydrogen) atoms. The summed E-state index contributed by atoms with van der Waals surface area (Å²) >= 11 is 0. The van der Waals surface area contributed by atoms with Crippen molar-refractivity contribution in [2.75, 3.05) is 7.11 Å². The van der Waals surface area contributed by atoms with Gasteiger partial charge in [-0.25, -0.2) is 0 Å². The number of methoxy groups -OCH3 is 1. The van der Waals surface area contributed by atoms with E-state index in [1.165, 1.54) is 0 Å². The van der Waals surface area contributed by atoms with E-state index < -0.39 is 0 Å². The summed E-state index contributed by atoms with van der Waals surface area (Å²) in [5, 5.41) is 0. The lowest BCUT2D eigenvalue weighted by Crippen LogP contribution is -1.80. The average Bonchev–Trinajstić information content (AvgIpc) is 2.41. The zero-order chi connectivity index (χ0) is 11.9. The SMILES string of the molecule is COc1ccc(C=C=Cc2ccccc2)cc1. The highest BCUT2D eigenvalue weighted by atomic mass is 16.5. The smallest absolute Gasteiger partial charge is 0.118 e. The van der Waals surface area contributed by atoms with Crippen molar-refractivity contribution in [1.29, 1.82) is 0 Å². The van der Waals surface area contributed by atoms with Crippen LogP contribution in [0.1, 0.15) is 11.1 Å². The molecule has 2 rings (SSSR count). The maximum absolute atomic E-state index is 5.10. The third-order valence-electron chi connectivity index (χ3n) is 2.42. The molecule has 0 fully saturated rings. The molecular formula is C16H14O. The Balaban J connectivity index is 2.12. The molecule has 0 spiro atoms. The minimum Gasteiger partial charge on any atom is -0.497 e. The van der Waals surface area contributed by atoms with Gasteiger partial charge in [-0.15, -0.1) is 5.73 Å². The molecular weight excluding hydrogens is 208 g/mol. The Kier molecular flexibility index (Phi) is 3.80. The van der Waals surface area contributed by atoms with Crippen LogP contribution >= 0.6 is 0 Å². The van der Waals surface area contributed by atoms with Gasteiger partial charge in [-0.3, -0.25) is 0 Å². The van der Waals surface area contributed by atoms with E-state index in [9.17, 15) is 0 Å². The normalized spacial score (nSPS) is 9.24. The lowest BCUT2D eigenvalue weighted by atomic mass is 10.2. The van der Waals surface area contributed by atoms with Crippen molar-refractivity contribution < 1.29 is 4.74 Å². The molecule has 2 aromatic carbocycles. The molecule has 0 saturated carbocycles. The Morgan fingerprint density at radius 2 is 1.41 bits per heavy atom. The van der Waals surface area contributed by atoms with E-state index in [1.54, 1.807) is 7.11 Å². The largest absolute Gasteiger partial charge is 0.497 e. The monoisotopic (exact) mass is 222 g/mol. The molecule has 0 aromatic heterocycles. The van der Waals surface area contributed by atoms with Crippen molar-refractivity contribution >= 4 is 12.2 Å². The van der Waals surface area contributed by atoms with E-state index >= 15 is 0 Å². The Hall–Kier alpha value is -2.24. The van der Waals surface area contributed by atoms with Gasteiger partial charge < -0.3 is 4.74 Å². The number of ether oxygens (including phenoxy) is 1. The molecule has 0 unspecified atom stereocenters. The highest BCUT2D eigenvalue weighted by Crippen LogP contribution is 2.12. The second kappa shape index (κ2) is 5.74. The number of rotatable bonds is 3. The van der Waals surface area contributed by atoms with E-state index in [-0.39, 0.29) is 0 Å². The summed E-state index contributed by atoms with van der Waals surface area (Å²) in [7, 11) is 1.67. The first-order valence-electron chi connectivity index (χ1n) is 5.50. The maximum atomic E-state index is 5.10. The maximum Gasteiger partial charge on any atom is 0.118 e. The molecule has 0 aliphatic heterocycles. The van der Waals surface area contributed by atoms with E-state index in [0.717, 1.165) is 16.9 Å². The Bertz CT molecular complexity index is 517. The quantitative estimate of drug-likeness (QED) is 0.713. The zero-order valence-electron chi connectivity index (χ0n) is 9.76. The van der Waals surface area contributed by atoms with Gasteiger partial charge in [0.25, 0.3) is 0 Å². The lowest BCUT2D eigenvalue weighted by molar-refractivity contribution is 0.415. The van der Waals surface area contributed by atoms with Gasteiger partial charge in [0.2, 0.25) is 0 Å². The first-order valence-corrected chi connectivity index (χ1v) is 5.50.